The second-order valence-corrected chi connectivity index (χ2v) is 5.95. The molecule has 0 spiro atoms. The molecule has 1 unspecified atom stereocenters. The summed E-state index contributed by atoms with van der Waals surface area (Å²) < 4.78 is 0. The van der Waals surface area contributed by atoms with E-state index in [0.29, 0.717) is 11.5 Å². The average molecular weight is 305 g/mol. The monoisotopic (exact) mass is 305 g/mol. The van der Waals surface area contributed by atoms with Crippen LogP contribution in [-0.2, 0) is 0 Å². The maximum absolute atomic E-state index is 12.2. The van der Waals surface area contributed by atoms with Gasteiger partial charge in [-0.15, -0.1) is 21.5 Å². The molecule has 2 aromatic rings. The minimum atomic E-state index is -0.233. The zero-order valence-corrected chi connectivity index (χ0v) is 13.4. The van der Waals surface area contributed by atoms with Crippen LogP contribution < -0.4 is 10.6 Å². The lowest BCUT2D eigenvalue weighted by molar-refractivity contribution is 0.0934. The Labute approximate surface area is 128 Å². The van der Waals surface area contributed by atoms with Crippen LogP contribution in [0.3, 0.4) is 0 Å². The van der Waals surface area contributed by atoms with Crippen molar-refractivity contribution >= 4 is 23.1 Å². The van der Waals surface area contributed by atoms with E-state index in [0.717, 1.165) is 22.1 Å². The number of aromatic nitrogens is 3. The van der Waals surface area contributed by atoms with E-state index in [4.69, 9.17) is 0 Å². The van der Waals surface area contributed by atoms with Crippen molar-refractivity contribution in [1.29, 1.82) is 0 Å². The summed E-state index contributed by atoms with van der Waals surface area (Å²) in [4.78, 5) is 17.6. The van der Waals surface area contributed by atoms with Crippen LogP contribution >= 0.6 is 11.3 Å². The number of hydrogen-bond acceptors (Lipinski definition) is 6. The molecule has 0 fully saturated rings. The predicted octanol–water partition coefficient (Wildman–Crippen LogP) is 2.47. The first-order valence-corrected chi connectivity index (χ1v) is 7.65. The molecule has 21 heavy (non-hydrogen) atoms. The number of nitrogens with one attached hydrogen (secondary N) is 2. The highest BCUT2D eigenvalue weighted by Crippen LogP contribution is 2.24. The first-order chi connectivity index (χ1) is 10.0. The smallest absolute Gasteiger partial charge is 0.272 e. The molecule has 0 radical (unpaired) electrons. The van der Waals surface area contributed by atoms with Crippen LogP contribution in [0.25, 0.3) is 0 Å². The molecular weight excluding hydrogens is 286 g/mol. The Hall–Kier alpha value is -2.02. The van der Waals surface area contributed by atoms with Gasteiger partial charge in [-0.05, 0) is 39.8 Å². The number of carbonyl (C=O) groups is 1. The van der Waals surface area contributed by atoms with E-state index in [2.05, 4.69) is 25.8 Å². The minimum absolute atomic E-state index is 0.0982. The Morgan fingerprint density at radius 2 is 2.10 bits per heavy atom. The Kier molecular flexibility index (Phi) is 4.85. The standard InChI is InChI=1S/C14H19N5OS/c1-5-15-12-7-6-11(18-19-12)14(20)17-9(3)13-8(2)16-10(4)21-13/h6-7,9H,5H2,1-4H3,(H,15,19)(H,17,20). The van der Waals surface area contributed by atoms with E-state index < -0.39 is 0 Å². The molecule has 1 amide bonds. The van der Waals surface area contributed by atoms with Crippen molar-refractivity contribution in [3.05, 3.63) is 33.4 Å². The van der Waals surface area contributed by atoms with Gasteiger partial charge in [-0.3, -0.25) is 4.79 Å². The topological polar surface area (TPSA) is 79.8 Å². The van der Waals surface area contributed by atoms with Crippen molar-refractivity contribution in [2.24, 2.45) is 0 Å². The van der Waals surface area contributed by atoms with E-state index in [-0.39, 0.29) is 11.9 Å². The van der Waals surface area contributed by atoms with E-state index in [9.17, 15) is 4.79 Å². The largest absolute Gasteiger partial charge is 0.369 e. The zero-order valence-electron chi connectivity index (χ0n) is 12.6. The molecule has 7 heteroatoms. The second kappa shape index (κ2) is 6.62. The molecule has 0 bridgehead atoms. The number of carbonyl (C=O) groups excluding carboxylic acids is 1. The second-order valence-electron chi connectivity index (χ2n) is 4.71. The fraction of sp³-hybridized carbons (Fsp3) is 0.429. The van der Waals surface area contributed by atoms with Crippen LogP contribution in [0.1, 0.15) is 46.0 Å². The zero-order chi connectivity index (χ0) is 15.4. The Morgan fingerprint density at radius 1 is 1.33 bits per heavy atom. The molecule has 0 aliphatic rings. The minimum Gasteiger partial charge on any atom is -0.369 e. The predicted molar refractivity (Wildman–Crippen MR) is 83.7 cm³/mol. The molecule has 1 atom stereocenters. The summed E-state index contributed by atoms with van der Waals surface area (Å²) in [5.41, 5.74) is 1.27. The highest BCUT2D eigenvalue weighted by atomic mass is 32.1. The van der Waals surface area contributed by atoms with Crippen LogP contribution in [0.2, 0.25) is 0 Å². The van der Waals surface area contributed by atoms with Gasteiger partial charge in [0.15, 0.2) is 5.69 Å². The van der Waals surface area contributed by atoms with Crippen LogP contribution in [0, 0.1) is 13.8 Å². The van der Waals surface area contributed by atoms with Gasteiger partial charge >= 0.3 is 0 Å². The molecule has 0 aliphatic carbocycles. The number of rotatable bonds is 5. The highest BCUT2D eigenvalue weighted by molar-refractivity contribution is 7.11. The molecule has 2 heterocycles. The molecule has 112 valence electrons. The number of amides is 1. The molecule has 0 aliphatic heterocycles. The van der Waals surface area contributed by atoms with Crippen LogP contribution in [0.15, 0.2) is 12.1 Å². The third-order valence-corrected chi connectivity index (χ3v) is 4.19. The van der Waals surface area contributed by atoms with E-state index in [1.807, 2.05) is 27.7 Å². The molecule has 2 aromatic heterocycles. The van der Waals surface area contributed by atoms with Gasteiger partial charge in [0, 0.05) is 11.4 Å². The third kappa shape index (κ3) is 3.75. The van der Waals surface area contributed by atoms with Gasteiger partial charge in [0.1, 0.15) is 5.82 Å². The van der Waals surface area contributed by atoms with Crippen molar-refractivity contribution in [1.82, 2.24) is 20.5 Å². The van der Waals surface area contributed by atoms with Crippen LogP contribution in [0.4, 0.5) is 5.82 Å². The van der Waals surface area contributed by atoms with Gasteiger partial charge in [-0.25, -0.2) is 4.98 Å². The van der Waals surface area contributed by atoms with Gasteiger partial charge in [-0.2, -0.15) is 0 Å². The van der Waals surface area contributed by atoms with Crippen molar-refractivity contribution in [2.75, 3.05) is 11.9 Å². The first-order valence-electron chi connectivity index (χ1n) is 6.83. The van der Waals surface area contributed by atoms with Crippen LogP contribution in [0.5, 0.6) is 0 Å². The maximum atomic E-state index is 12.2. The lowest BCUT2D eigenvalue weighted by atomic mass is 10.2. The van der Waals surface area contributed by atoms with Gasteiger partial charge in [-0.1, -0.05) is 0 Å². The quantitative estimate of drug-likeness (QED) is 0.887. The first kappa shape index (κ1) is 15.4. The molecule has 0 aromatic carbocycles. The van der Waals surface area contributed by atoms with Crippen LogP contribution in [-0.4, -0.2) is 27.6 Å². The summed E-state index contributed by atoms with van der Waals surface area (Å²) in [6.07, 6.45) is 0. The summed E-state index contributed by atoms with van der Waals surface area (Å²) in [5.74, 6) is 0.430. The molecule has 2 N–H and O–H groups in total. The molecule has 6 nitrogen and oxygen atoms in total. The summed E-state index contributed by atoms with van der Waals surface area (Å²) in [7, 11) is 0. The van der Waals surface area contributed by atoms with Crippen molar-refractivity contribution in [3.8, 4) is 0 Å². The lowest BCUT2D eigenvalue weighted by Gasteiger charge is -2.12. The summed E-state index contributed by atoms with van der Waals surface area (Å²) in [6, 6.07) is 3.31. The highest BCUT2D eigenvalue weighted by Gasteiger charge is 2.17. The normalized spacial score (nSPS) is 12.0. The third-order valence-electron chi connectivity index (χ3n) is 2.94. The summed E-state index contributed by atoms with van der Waals surface area (Å²) >= 11 is 1.60. The number of hydrogen-bond donors (Lipinski definition) is 2. The molecular formula is C14H19N5OS. The van der Waals surface area contributed by atoms with Gasteiger partial charge in [0.05, 0.1) is 16.7 Å². The molecule has 0 saturated carbocycles. The summed E-state index contributed by atoms with van der Waals surface area (Å²) in [5, 5.41) is 14.9. The van der Waals surface area contributed by atoms with Gasteiger partial charge in [0.2, 0.25) is 0 Å². The van der Waals surface area contributed by atoms with Gasteiger partial charge < -0.3 is 10.6 Å². The Balaban J connectivity index is 2.05. The fourth-order valence-corrected chi connectivity index (χ4v) is 2.94. The number of aryl methyl sites for hydroxylation is 2. The van der Waals surface area contributed by atoms with Gasteiger partial charge in [0.25, 0.3) is 5.91 Å². The molecule has 0 saturated heterocycles. The SMILES string of the molecule is CCNc1ccc(C(=O)NC(C)c2sc(C)nc2C)nn1. The maximum Gasteiger partial charge on any atom is 0.272 e. The van der Waals surface area contributed by atoms with E-state index in [1.54, 1.807) is 23.5 Å². The van der Waals surface area contributed by atoms with Crippen molar-refractivity contribution < 1.29 is 4.79 Å². The summed E-state index contributed by atoms with van der Waals surface area (Å²) in [6.45, 7) is 8.59. The number of nitrogens with zero attached hydrogens (tertiary/aromatic N) is 3. The van der Waals surface area contributed by atoms with Crippen molar-refractivity contribution in [3.63, 3.8) is 0 Å². The van der Waals surface area contributed by atoms with E-state index in [1.165, 1.54) is 0 Å². The fourth-order valence-electron chi connectivity index (χ4n) is 2.01. The molecule has 2 rings (SSSR count). The van der Waals surface area contributed by atoms with Crippen molar-refractivity contribution in [2.45, 2.75) is 33.7 Å². The Bertz CT molecular complexity index is 623. The average Bonchev–Trinajstić information content (AvgIpc) is 2.79. The number of anilines is 1. The van der Waals surface area contributed by atoms with E-state index >= 15 is 0 Å². The Morgan fingerprint density at radius 3 is 2.62 bits per heavy atom. The number of thiazole rings is 1. The lowest BCUT2D eigenvalue weighted by Crippen LogP contribution is -2.27.